The summed E-state index contributed by atoms with van der Waals surface area (Å²) in [6.45, 7) is 2.07. The van der Waals surface area contributed by atoms with Crippen LogP contribution in [0, 0.1) is 17.1 Å². The van der Waals surface area contributed by atoms with Crippen molar-refractivity contribution in [3.63, 3.8) is 0 Å². The van der Waals surface area contributed by atoms with Crippen LogP contribution in [0.5, 0.6) is 5.75 Å². The van der Waals surface area contributed by atoms with Gasteiger partial charge in [-0.25, -0.2) is 9.37 Å². The number of nitrogens with one attached hydrogen (secondary N) is 1. The van der Waals surface area contributed by atoms with E-state index < -0.39 is 12.3 Å². The zero-order chi connectivity index (χ0) is 28.5. The Morgan fingerprint density at radius 1 is 1.20 bits per heavy atom. The molecular formula is C30H28FN5O4S. The van der Waals surface area contributed by atoms with Crippen LogP contribution in [0.2, 0.25) is 0 Å². The molecule has 11 heteroatoms. The number of carbonyl (C=O) groups excluding carboxylic acids is 2. The zero-order valence-electron chi connectivity index (χ0n) is 22.1. The van der Waals surface area contributed by atoms with Gasteiger partial charge in [-0.2, -0.15) is 5.26 Å². The molecule has 2 saturated heterocycles. The van der Waals surface area contributed by atoms with E-state index in [1.165, 1.54) is 6.07 Å². The summed E-state index contributed by atoms with van der Waals surface area (Å²) in [6.07, 6.45) is 2.35. The van der Waals surface area contributed by atoms with Gasteiger partial charge in [0.2, 0.25) is 11.8 Å². The number of amides is 2. The van der Waals surface area contributed by atoms with Crippen molar-refractivity contribution in [1.82, 2.24) is 15.2 Å². The second-order valence-corrected chi connectivity index (χ2v) is 11.7. The molecule has 2 N–H and O–H groups in total. The van der Waals surface area contributed by atoms with Gasteiger partial charge >= 0.3 is 0 Å². The number of anilines is 1. The van der Waals surface area contributed by atoms with Crippen LogP contribution in [0.15, 0.2) is 59.8 Å². The highest BCUT2D eigenvalue weighted by atomic mass is 32.2. The number of carbonyl (C=O) groups is 2. The molecule has 0 bridgehead atoms. The Balaban J connectivity index is 1.05. The van der Waals surface area contributed by atoms with Gasteiger partial charge in [0.15, 0.2) is 0 Å². The van der Waals surface area contributed by atoms with E-state index in [-0.39, 0.29) is 35.9 Å². The zero-order valence-corrected chi connectivity index (χ0v) is 22.9. The fourth-order valence-electron chi connectivity index (χ4n) is 5.63. The Bertz CT molecular complexity index is 1530. The van der Waals surface area contributed by atoms with Crippen LogP contribution in [-0.4, -0.2) is 51.2 Å². The molecule has 3 aliphatic heterocycles. The van der Waals surface area contributed by atoms with E-state index in [0.29, 0.717) is 42.1 Å². The predicted molar refractivity (Wildman–Crippen MR) is 149 cm³/mol. The fourth-order valence-corrected chi connectivity index (χ4v) is 6.71. The lowest BCUT2D eigenvalue weighted by Gasteiger charge is -2.31. The second-order valence-electron chi connectivity index (χ2n) is 10.4. The molecule has 41 heavy (non-hydrogen) atoms. The van der Waals surface area contributed by atoms with E-state index in [2.05, 4.69) is 10.3 Å². The number of piperidine rings is 1. The van der Waals surface area contributed by atoms with Crippen molar-refractivity contribution in [2.45, 2.75) is 55.0 Å². The summed E-state index contributed by atoms with van der Waals surface area (Å²) < 4.78 is 20.6. The van der Waals surface area contributed by atoms with Crippen molar-refractivity contribution < 1.29 is 23.8 Å². The number of aromatic nitrogens is 1. The molecule has 3 aliphatic rings. The molecule has 0 radical (unpaired) electrons. The van der Waals surface area contributed by atoms with Crippen LogP contribution >= 0.6 is 11.8 Å². The number of halogens is 1. The molecule has 210 valence electrons. The molecule has 3 atom stereocenters. The number of thioether (sulfide) groups is 1. The first-order valence-corrected chi connectivity index (χ1v) is 14.4. The molecule has 3 aromatic rings. The molecule has 0 saturated carbocycles. The summed E-state index contributed by atoms with van der Waals surface area (Å²) in [4.78, 5) is 32.2. The molecule has 2 aromatic carbocycles. The minimum absolute atomic E-state index is 0.245. The van der Waals surface area contributed by atoms with Gasteiger partial charge in [-0.15, -0.1) is 11.8 Å². The topological polar surface area (TPSA) is 119 Å². The van der Waals surface area contributed by atoms with Crippen molar-refractivity contribution >= 4 is 29.3 Å². The molecule has 2 fully saturated rings. The van der Waals surface area contributed by atoms with E-state index in [9.17, 15) is 19.1 Å². The van der Waals surface area contributed by atoms with Crippen molar-refractivity contribution in [2.75, 3.05) is 18.0 Å². The van der Waals surface area contributed by atoms with Gasteiger partial charge in [0, 0.05) is 54.2 Å². The summed E-state index contributed by atoms with van der Waals surface area (Å²) in [6, 6.07) is 15.4. The highest BCUT2D eigenvalue weighted by molar-refractivity contribution is 7.99. The number of aliphatic hydroxyl groups excluding tert-OH is 1. The second kappa shape index (κ2) is 11.5. The third kappa shape index (κ3) is 5.63. The summed E-state index contributed by atoms with van der Waals surface area (Å²) in [5.74, 6) is -0.412. The van der Waals surface area contributed by atoms with Gasteiger partial charge in [-0.05, 0) is 43.2 Å². The molecule has 0 spiro atoms. The number of aliphatic hydroxyl groups is 1. The molecular weight excluding hydrogens is 545 g/mol. The lowest BCUT2D eigenvalue weighted by molar-refractivity contribution is -0.141. The Kier molecular flexibility index (Phi) is 7.62. The van der Waals surface area contributed by atoms with E-state index in [1.54, 1.807) is 35.0 Å². The van der Waals surface area contributed by atoms with Crippen LogP contribution in [0.25, 0.3) is 0 Å². The maximum Gasteiger partial charge on any atom is 0.244 e. The number of pyridine rings is 1. The van der Waals surface area contributed by atoms with Crippen LogP contribution in [0.3, 0.4) is 0 Å². The number of benzene rings is 2. The number of hydrogen-bond acceptors (Lipinski definition) is 9. The molecule has 6 rings (SSSR count). The Labute approximate surface area is 240 Å². The first kappa shape index (κ1) is 27.2. The minimum atomic E-state index is -0.949. The first-order valence-electron chi connectivity index (χ1n) is 13.5. The number of nitrogens with zero attached hydrogens (tertiary/aromatic N) is 4. The minimum Gasteiger partial charge on any atom is -0.489 e. The highest BCUT2D eigenvalue weighted by Gasteiger charge is 2.40. The monoisotopic (exact) mass is 573 g/mol. The first-order chi connectivity index (χ1) is 19.9. The smallest absolute Gasteiger partial charge is 0.244 e. The van der Waals surface area contributed by atoms with E-state index >= 15 is 0 Å². The van der Waals surface area contributed by atoms with Crippen molar-refractivity contribution in [1.29, 1.82) is 5.26 Å². The third-order valence-corrected chi connectivity index (χ3v) is 8.96. The van der Waals surface area contributed by atoms with Crippen molar-refractivity contribution in [3.05, 3.63) is 82.8 Å². The normalized spacial score (nSPS) is 22.4. The summed E-state index contributed by atoms with van der Waals surface area (Å²) in [5, 5.41) is 23.4. The molecule has 0 aliphatic carbocycles. The number of hydrogen-bond donors (Lipinski definition) is 2. The number of nitriles is 1. The number of rotatable bonds is 7. The number of ether oxygens (including phenoxy) is 1. The largest absolute Gasteiger partial charge is 0.489 e. The van der Waals surface area contributed by atoms with Gasteiger partial charge in [0.05, 0.1) is 28.4 Å². The summed E-state index contributed by atoms with van der Waals surface area (Å²) in [5.41, 5.74) is 3.25. The fraction of sp³-hybridized carbons (Fsp3) is 0.333. The average Bonchev–Trinajstić information content (AvgIpc) is 3.57. The van der Waals surface area contributed by atoms with E-state index in [0.717, 1.165) is 29.1 Å². The average molecular weight is 574 g/mol. The maximum atomic E-state index is 14.4. The molecule has 4 heterocycles. The summed E-state index contributed by atoms with van der Waals surface area (Å²) >= 11 is 1.66. The number of fused-ring (bicyclic) bond motifs is 1. The Morgan fingerprint density at radius 3 is 2.83 bits per heavy atom. The SMILES string of the molecule is N#Cc1ccc(N2CCC(Sc3ccc(COc4cccc5c4CN([C@@H]4CCC(=O)NC4=O)C5O)cn3)C2)c(F)c1. The van der Waals surface area contributed by atoms with Crippen molar-refractivity contribution in [3.8, 4) is 11.8 Å². The molecule has 2 unspecified atom stereocenters. The number of imide groups is 1. The summed E-state index contributed by atoms with van der Waals surface area (Å²) in [7, 11) is 0. The Hall–Kier alpha value is -3.98. The lowest BCUT2D eigenvalue weighted by Crippen LogP contribution is -2.51. The quantitative estimate of drug-likeness (QED) is 0.408. The van der Waals surface area contributed by atoms with E-state index in [1.807, 2.05) is 41.3 Å². The third-order valence-electron chi connectivity index (χ3n) is 7.75. The standard InChI is InChI=1S/C30H28FN5O4S/c31-23-12-18(13-32)4-6-24(23)35-11-10-20(15-35)41-28-9-5-19(14-33-28)17-40-26-3-1-2-21-22(26)16-36(30(21)39)25-7-8-27(37)34-29(25)38/h1-6,9,12,14,20,25,30,39H,7-8,10-11,15-17H2,(H,34,37,38)/t20?,25-,30?/m1/s1. The molecule has 1 aromatic heterocycles. The maximum absolute atomic E-state index is 14.4. The van der Waals surface area contributed by atoms with Crippen LogP contribution in [-0.2, 0) is 22.7 Å². The van der Waals surface area contributed by atoms with Crippen LogP contribution < -0.4 is 15.0 Å². The van der Waals surface area contributed by atoms with Gasteiger partial charge in [0.25, 0.3) is 0 Å². The lowest BCUT2D eigenvalue weighted by atomic mass is 10.0. The molecule has 9 nitrogen and oxygen atoms in total. The molecule has 2 amide bonds. The van der Waals surface area contributed by atoms with Crippen molar-refractivity contribution in [2.24, 2.45) is 0 Å². The van der Waals surface area contributed by atoms with Crippen LogP contribution in [0.1, 0.15) is 47.7 Å². The Morgan fingerprint density at radius 2 is 2.07 bits per heavy atom. The predicted octanol–water partition coefficient (Wildman–Crippen LogP) is 3.65. The highest BCUT2D eigenvalue weighted by Crippen LogP contribution is 2.40. The van der Waals surface area contributed by atoms with E-state index in [4.69, 9.17) is 10.00 Å². The van der Waals surface area contributed by atoms with Gasteiger partial charge in [0.1, 0.15) is 24.4 Å². The van der Waals surface area contributed by atoms with Gasteiger partial charge < -0.3 is 14.7 Å². The van der Waals surface area contributed by atoms with Gasteiger partial charge in [-0.3, -0.25) is 19.8 Å². The van der Waals surface area contributed by atoms with Gasteiger partial charge in [-0.1, -0.05) is 18.2 Å². The van der Waals surface area contributed by atoms with Crippen LogP contribution in [0.4, 0.5) is 10.1 Å².